The molecule has 590 valence electrons. The average molecular weight is 1580 g/mol. The van der Waals surface area contributed by atoms with Gasteiger partial charge >= 0.3 is 18.0 Å². The molecule has 11 aromatic rings. The number of halogens is 6. The van der Waals surface area contributed by atoms with Crippen LogP contribution in [-0.2, 0) is 32.0 Å². The van der Waals surface area contributed by atoms with Gasteiger partial charge in [0.15, 0.2) is 5.65 Å². The van der Waals surface area contributed by atoms with Gasteiger partial charge in [-0.1, -0.05) is 90.7 Å². The number of H-pyrrole nitrogens is 2. The first kappa shape index (κ1) is 82.3. The fourth-order valence-corrected chi connectivity index (χ4v) is 14.9. The van der Waals surface area contributed by atoms with Crippen molar-refractivity contribution < 1.29 is 40.7 Å². The van der Waals surface area contributed by atoms with Crippen LogP contribution in [0.15, 0.2) is 176 Å². The predicted molar refractivity (Wildman–Crippen MR) is 436 cm³/mol. The van der Waals surface area contributed by atoms with Gasteiger partial charge in [-0.3, -0.25) is 34.1 Å². The summed E-state index contributed by atoms with van der Waals surface area (Å²) in [6.07, 6.45) is 7.10. The van der Waals surface area contributed by atoms with Crippen molar-refractivity contribution in [3.63, 3.8) is 0 Å². The number of nitrogens with zero attached hydrogens (tertiary/aromatic N) is 12. The molecule has 5 aromatic heterocycles. The summed E-state index contributed by atoms with van der Waals surface area (Å²) in [5, 5.41) is 9.72. The van der Waals surface area contributed by atoms with Crippen LogP contribution in [0.5, 0.6) is 0 Å². The first-order chi connectivity index (χ1) is 55.0. The third-order valence-electron chi connectivity index (χ3n) is 19.9. The first-order valence-electron chi connectivity index (χ1n) is 37.5. The van der Waals surface area contributed by atoms with Gasteiger partial charge in [-0.15, -0.1) is 0 Å². The van der Waals surface area contributed by atoms with E-state index in [1.807, 2.05) is 57.0 Å². The number of likely N-dealkylation sites (N-methyl/N-ethyl adjacent to an activating group) is 2. The number of nitrogens with one attached hydrogen (secondary N) is 5. The molecule has 0 unspecified atom stereocenters. The second kappa shape index (κ2) is 36.7. The zero-order valence-corrected chi connectivity index (χ0v) is 66.0. The second-order valence-corrected chi connectivity index (χ2v) is 34.9. The average Bonchev–Trinajstić information content (AvgIpc) is 1.73. The molecule has 21 nitrogen and oxygen atoms in total. The molecular formula is C87H87F6N17O4Si. The minimum atomic E-state index is -4.60. The van der Waals surface area contributed by atoms with Crippen LogP contribution in [0.4, 0.5) is 43.4 Å². The van der Waals surface area contributed by atoms with E-state index in [0.717, 1.165) is 124 Å². The summed E-state index contributed by atoms with van der Waals surface area (Å²) in [5.41, 5.74) is 10.4. The van der Waals surface area contributed by atoms with Crippen molar-refractivity contribution in [3.05, 3.63) is 277 Å². The number of aryl methyl sites for hydroxylation is 3. The van der Waals surface area contributed by atoms with Crippen LogP contribution in [0.2, 0.25) is 19.6 Å². The highest BCUT2D eigenvalue weighted by Crippen LogP contribution is 2.36. The van der Waals surface area contributed by atoms with Crippen molar-refractivity contribution in [2.75, 3.05) is 95.5 Å². The van der Waals surface area contributed by atoms with Gasteiger partial charge in [0.1, 0.15) is 12.7 Å². The number of anilines is 3. The van der Waals surface area contributed by atoms with E-state index in [-0.39, 0.29) is 46.3 Å². The standard InChI is InChI=1S/C31H36N6O2Si.C29H25F3N6O.C27H26F3N5O/c1-21-6-8-24(17-23(21)9-7-22-16-27-29(32-19-22)35-31(39)34-27)30(38)33-26-11-10-25(28(18-26)40(3,4)5)20-37-14-12-36(2)13-15-37;1-20-4-6-23(10-22(20)7-5-21-14-33-18-34-15-21)28(39)36-25-11-24(29(30,31)32)12-27(13-25)38-17-26(35-19-38)16-37-8-2-3-9-37;1-19-3-5-22(13-21(19)6-4-20-15-31-18-32-16-20)26(36)33-24-8-7-23(25(14-24)27(28,29)30)17-35-11-9-34(2)10-12-35/h6,8,10-11,16-19H,12-15,20H2,1-5H3,(H,33,38)(H2,32,34,35,39);4,6,10-15,17-19H,2-3,8-9,16H2,1H3,(H,36,39);3,5,7-8,13-16,18H,9-12,17H2,1-2H3,(H,33,36). The highest BCUT2D eigenvalue weighted by Gasteiger charge is 2.35. The first-order valence-corrected chi connectivity index (χ1v) is 41.0. The Morgan fingerprint density at radius 1 is 0.478 bits per heavy atom. The molecule has 14 rings (SSSR count). The molecule has 3 amide bonds. The van der Waals surface area contributed by atoms with Crippen LogP contribution < -0.4 is 26.8 Å². The molecule has 3 aliphatic rings. The lowest BCUT2D eigenvalue weighted by molar-refractivity contribution is -0.139. The fourth-order valence-electron chi connectivity index (χ4n) is 13.2. The van der Waals surface area contributed by atoms with Gasteiger partial charge in [0.05, 0.1) is 47.9 Å². The van der Waals surface area contributed by atoms with Crippen LogP contribution in [0, 0.1) is 56.3 Å². The molecule has 0 bridgehead atoms. The van der Waals surface area contributed by atoms with Gasteiger partial charge in [0, 0.05) is 171 Å². The number of hydrogen-bond donors (Lipinski definition) is 5. The largest absolute Gasteiger partial charge is 0.416 e. The zero-order chi connectivity index (χ0) is 81.6. The zero-order valence-electron chi connectivity index (χ0n) is 65.0. The van der Waals surface area contributed by atoms with E-state index < -0.39 is 43.4 Å². The normalized spacial score (nSPS) is 14.3. The number of likely N-dealkylation sites (tertiary alicyclic amines) is 1. The van der Waals surface area contributed by atoms with E-state index in [1.54, 1.807) is 84.2 Å². The number of aromatic nitrogens is 9. The lowest BCUT2D eigenvalue weighted by Crippen LogP contribution is -2.46. The molecule has 3 fully saturated rings. The SMILES string of the molecule is Cc1ccc(C(=O)Nc2cc(-n3cnc(CN4CCCC4)c3)cc(C(F)(F)F)c2)cc1C#Cc1cncnc1.Cc1ccc(C(=O)Nc2ccc(CN3CCN(C)CC3)c(C(F)(F)F)c2)cc1C#Cc1cncnc1.Cc1ccc(C(=O)Nc2ccc(CN3CCN(C)CC3)c([Si](C)(C)C)c2)cc1C#Cc1cnc2[nH]c(=O)[nH]c2c1. The third-order valence-corrected chi connectivity index (χ3v) is 21.9. The number of hydrogen-bond acceptors (Lipinski definition) is 15. The van der Waals surface area contributed by atoms with Gasteiger partial charge in [-0.2, -0.15) is 26.3 Å². The van der Waals surface area contributed by atoms with E-state index in [2.05, 4.69) is 150 Å². The number of amides is 3. The van der Waals surface area contributed by atoms with E-state index in [1.165, 1.54) is 47.9 Å². The van der Waals surface area contributed by atoms with E-state index in [4.69, 9.17) is 0 Å². The van der Waals surface area contributed by atoms with E-state index in [0.29, 0.717) is 69.7 Å². The predicted octanol–water partition coefficient (Wildman–Crippen LogP) is 12.9. The monoisotopic (exact) mass is 1580 g/mol. The van der Waals surface area contributed by atoms with Crippen LogP contribution in [-0.4, -0.2) is 174 Å². The molecule has 3 saturated heterocycles. The molecule has 0 spiro atoms. The third kappa shape index (κ3) is 22.8. The summed E-state index contributed by atoms with van der Waals surface area (Å²) in [5.74, 6) is 16.9. The number of piperazine rings is 2. The Hall–Kier alpha value is -12.2. The van der Waals surface area contributed by atoms with E-state index in [9.17, 15) is 45.5 Å². The lowest BCUT2D eigenvalue weighted by atomic mass is 10.0. The van der Waals surface area contributed by atoms with Crippen LogP contribution in [0.25, 0.3) is 16.9 Å². The summed E-state index contributed by atoms with van der Waals surface area (Å²) >= 11 is 0. The molecule has 0 aliphatic carbocycles. The minimum Gasteiger partial charge on any atom is -0.322 e. The van der Waals surface area contributed by atoms with Crippen LogP contribution >= 0.6 is 0 Å². The molecule has 0 atom stereocenters. The molecule has 0 saturated carbocycles. The van der Waals surface area contributed by atoms with Crippen LogP contribution in [0.3, 0.4) is 0 Å². The van der Waals surface area contributed by atoms with Gasteiger partial charge in [0.25, 0.3) is 17.7 Å². The van der Waals surface area contributed by atoms with Crippen molar-refractivity contribution in [1.82, 2.24) is 68.9 Å². The number of rotatable bonds is 14. The molecule has 28 heteroatoms. The molecule has 3 aliphatic heterocycles. The number of aromatic amines is 2. The highest BCUT2D eigenvalue weighted by atomic mass is 28.3. The van der Waals surface area contributed by atoms with Gasteiger partial charge in [-0.25, -0.2) is 34.7 Å². The maximum atomic E-state index is 13.9. The second-order valence-electron chi connectivity index (χ2n) is 29.8. The Labute approximate surface area is 664 Å². The molecule has 6 aromatic carbocycles. The van der Waals surface area contributed by atoms with Gasteiger partial charge in [0.2, 0.25) is 0 Å². The number of imidazole rings is 2. The Balaban J connectivity index is 0.000000160. The maximum absolute atomic E-state index is 13.9. The van der Waals surface area contributed by atoms with Crippen molar-refractivity contribution in [1.29, 1.82) is 0 Å². The van der Waals surface area contributed by atoms with Crippen molar-refractivity contribution in [2.45, 2.75) is 85.2 Å². The number of pyridine rings is 1. The number of carbonyl (C=O) groups is 3. The molecular weight excluding hydrogens is 1490 g/mol. The Morgan fingerprint density at radius 3 is 1.44 bits per heavy atom. The summed E-state index contributed by atoms with van der Waals surface area (Å²) < 4.78 is 84.4. The van der Waals surface area contributed by atoms with Crippen molar-refractivity contribution in [2.24, 2.45) is 0 Å². The molecule has 115 heavy (non-hydrogen) atoms. The van der Waals surface area contributed by atoms with Crippen molar-refractivity contribution in [3.8, 4) is 41.2 Å². The minimum absolute atomic E-state index is 0.0225. The Morgan fingerprint density at radius 2 is 0.948 bits per heavy atom. The number of fused-ring (bicyclic) bond motifs is 1. The summed E-state index contributed by atoms with van der Waals surface area (Å²) in [7, 11) is 2.53. The Kier molecular flexibility index (Phi) is 26.3. The smallest absolute Gasteiger partial charge is 0.322 e. The van der Waals surface area contributed by atoms with Gasteiger partial charge < -0.3 is 35.3 Å². The molecule has 8 heterocycles. The number of alkyl halides is 6. The van der Waals surface area contributed by atoms with Crippen LogP contribution in [0.1, 0.15) is 122 Å². The summed E-state index contributed by atoms with van der Waals surface area (Å²) in [6, 6.07) is 31.1. The summed E-state index contributed by atoms with van der Waals surface area (Å²) in [6.45, 7) is 23.9. The highest BCUT2D eigenvalue weighted by molar-refractivity contribution is 6.89. The van der Waals surface area contributed by atoms with Crippen molar-refractivity contribution >= 4 is 59.2 Å². The van der Waals surface area contributed by atoms with E-state index >= 15 is 0 Å². The quantitative estimate of drug-likeness (QED) is 0.0387. The topological polar surface area (TPSA) is 234 Å². The summed E-state index contributed by atoms with van der Waals surface area (Å²) in [4.78, 5) is 91.7. The molecule has 5 N–H and O–H groups in total. The Bertz CT molecular complexity index is 5610. The number of carbonyl (C=O) groups excluding carboxylic acids is 3. The van der Waals surface area contributed by atoms with Gasteiger partial charge in [-0.05, 0) is 174 Å². The number of benzene rings is 6. The molecule has 0 radical (unpaired) electrons. The fraction of sp³-hybridized carbons (Fsp3) is 0.287. The maximum Gasteiger partial charge on any atom is 0.416 e. The lowest BCUT2D eigenvalue weighted by Gasteiger charge is -2.33.